The highest BCUT2D eigenvalue weighted by Gasteiger charge is 2.20. The second-order valence-corrected chi connectivity index (χ2v) is 6.12. The molecule has 0 saturated heterocycles. The number of carbonyl (C=O) groups is 2. The standard InChI is InChI=1S/C13H25BrN2O4/c1-13(2,3)20-12(18)10-16(7-5-14)9-11(17)15-6-8-19-4/h5-10H2,1-4H3,(H,15,17). The highest BCUT2D eigenvalue weighted by atomic mass is 79.9. The van der Waals surface area contributed by atoms with Crippen LogP contribution in [0.2, 0.25) is 0 Å². The van der Waals surface area contributed by atoms with Crippen molar-refractivity contribution in [2.75, 3.05) is 45.2 Å². The molecule has 0 fully saturated rings. The third-order valence-electron chi connectivity index (χ3n) is 2.17. The van der Waals surface area contributed by atoms with E-state index in [4.69, 9.17) is 9.47 Å². The van der Waals surface area contributed by atoms with Crippen LogP contribution in [0.15, 0.2) is 0 Å². The molecule has 0 heterocycles. The van der Waals surface area contributed by atoms with E-state index < -0.39 is 5.60 Å². The van der Waals surface area contributed by atoms with Crippen molar-refractivity contribution in [1.82, 2.24) is 10.2 Å². The zero-order chi connectivity index (χ0) is 15.6. The summed E-state index contributed by atoms with van der Waals surface area (Å²) in [5, 5.41) is 3.40. The summed E-state index contributed by atoms with van der Waals surface area (Å²) in [5.74, 6) is -0.463. The molecule has 0 radical (unpaired) electrons. The van der Waals surface area contributed by atoms with Gasteiger partial charge in [-0.2, -0.15) is 0 Å². The largest absolute Gasteiger partial charge is 0.459 e. The Labute approximate surface area is 129 Å². The van der Waals surface area contributed by atoms with E-state index in [-0.39, 0.29) is 25.0 Å². The third kappa shape index (κ3) is 11.2. The van der Waals surface area contributed by atoms with Crippen molar-refractivity contribution < 1.29 is 19.1 Å². The number of rotatable bonds is 9. The van der Waals surface area contributed by atoms with E-state index in [2.05, 4.69) is 21.2 Å². The number of alkyl halides is 1. The molecule has 0 rings (SSSR count). The molecule has 0 aromatic rings. The van der Waals surface area contributed by atoms with Gasteiger partial charge in [-0.25, -0.2) is 0 Å². The molecular weight excluding hydrogens is 328 g/mol. The molecule has 0 unspecified atom stereocenters. The molecule has 0 saturated carbocycles. The molecule has 6 nitrogen and oxygen atoms in total. The van der Waals surface area contributed by atoms with Crippen molar-refractivity contribution in [1.29, 1.82) is 0 Å². The van der Waals surface area contributed by atoms with Crippen molar-refractivity contribution in [3.8, 4) is 0 Å². The zero-order valence-corrected chi connectivity index (χ0v) is 14.3. The van der Waals surface area contributed by atoms with Crippen LogP contribution in [0.5, 0.6) is 0 Å². The van der Waals surface area contributed by atoms with Crippen molar-refractivity contribution in [3.63, 3.8) is 0 Å². The van der Waals surface area contributed by atoms with Crippen molar-refractivity contribution in [3.05, 3.63) is 0 Å². The first-order valence-corrected chi connectivity index (χ1v) is 7.66. The second-order valence-electron chi connectivity index (χ2n) is 5.33. The number of methoxy groups -OCH3 is 1. The molecule has 20 heavy (non-hydrogen) atoms. The van der Waals surface area contributed by atoms with Crippen LogP contribution < -0.4 is 5.32 Å². The molecule has 1 amide bonds. The van der Waals surface area contributed by atoms with Crippen LogP contribution in [-0.4, -0.2) is 67.6 Å². The number of nitrogens with zero attached hydrogens (tertiary/aromatic N) is 1. The maximum absolute atomic E-state index is 11.8. The van der Waals surface area contributed by atoms with E-state index >= 15 is 0 Å². The summed E-state index contributed by atoms with van der Waals surface area (Å²) in [5.41, 5.74) is -0.516. The van der Waals surface area contributed by atoms with Gasteiger partial charge in [-0.05, 0) is 20.8 Å². The number of hydrogen-bond acceptors (Lipinski definition) is 5. The highest BCUT2D eigenvalue weighted by molar-refractivity contribution is 9.09. The smallest absolute Gasteiger partial charge is 0.320 e. The SMILES string of the molecule is COCCNC(=O)CN(CCBr)CC(=O)OC(C)(C)C. The second kappa shape index (κ2) is 10.1. The minimum absolute atomic E-state index is 0.0978. The summed E-state index contributed by atoms with van der Waals surface area (Å²) in [7, 11) is 1.58. The van der Waals surface area contributed by atoms with E-state index in [1.807, 2.05) is 20.8 Å². The van der Waals surface area contributed by atoms with Crippen LogP contribution in [-0.2, 0) is 19.1 Å². The molecule has 0 atom stereocenters. The minimum Gasteiger partial charge on any atom is -0.459 e. The zero-order valence-electron chi connectivity index (χ0n) is 12.7. The van der Waals surface area contributed by atoms with Gasteiger partial charge in [-0.1, -0.05) is 15.9 Å². The van der Waals surface area contributed by atoms with Crippen LogP contribution in [0.25, 0.3) is 0 Å². The summed E-state index contributed by atoms with van der Waals surface area (Å²) >= 11 is 3.31. The lowest BCUT2D eigenvalue weighted by Crippen LogP contribution is -2.42. The first-order chi connectivity index (χ1) is 9.28. The van der Waals surface area contributed by atoms with Crippen molar-refractivity contribution in [2.24, 2.45) is 0 Å². The lowest BCUT2D eigenvalue weighted by molar-refractivity contribution is -0.156. The van der Waals surface area contributed by atoms with Crippen molar-refractivity contribution in [2.45, 2.75) is 26.4 Å². The van der Waals surface area contributed by atoms with Crippen molar-refractivity contribution >= 4 is 27.8 Å². The number of ether oxygens (including phenoxy) is 2. The molecule has 0 aliphatic heterocycles. The summed E-state index contributed by atoms with van der Waals surface area (Å²) < 4.78 is 10.1. The topological polar surface area (TPSA) is 67.9 Å². The quantitative estimate of drug-likeness (QED) is 0.377. The first kappa shape index (κ1) is 19.3. The Balaban J connectivity index is 4.21. The van der Waals surface area contributed by atoms with Crippen LogP contribution in [0.4, 0.5) is 0 Å². The Morgan fingerprint density at radius 2 is 1.90 bits per heavy atom. The Kier molecular flexibility index (Phi) is 9.79. The fraction of sp³-hybridized carbons (Fsp3) is 0.846. The molecule has 7 heteroatoms. The fourth-order valence-electron chi connectivity index (χ4n) is 1.44. The maximum Gasteiger partial charge on any atom is 0.320 e. The van der Waals surface area contributed by atoms with Gasteiger partial charge in [0, 0.05) is 25.5 Å². The van der Waals surface area contributed by atoms with Gasteiger partial charge in [0.1, 0.15) is 5.60 Å². The molecular formula is C13H25BrN2O4. The van der Waals surface area contributed by atoms with Gasteiger partial charge in [-0.15, -0.1) is 0 Å². The number of nitrogens with one attached hydrogen (secondary N) is 1. The maximum atomic E-state index is 11.8. The molecule has 0 aliphatic rings. The normalized spacial score (nSPS) is 11.5. The number of amides is 1. The fourth-order valence-corrected chi connectivity index (χ4v) is 1.94. The average Bonchev–Trinajstić information content (AvgIpc) is 2.26. The number of halogens is 1. The van der Waals surface area contributed by atoms with E-state index in [0.29, 0.717) is 25.0 Å². The van der Waals surface area contributed by atoms with E-state index in [1.54, 1.807) is 12.0 Å². The van der Waals surface area contributed by atoms with Gasteiger partial charge in [-0.3, -0.25) is 14.5 Å². The Hall–Kier alpha value is -0.660. The molecule has 0 spiro atoms. The Bertz CT molecular complexity index is 305. The van der Waals surface area contributed by atoms with Crippen LogP contribution in [0, 0.1) is 0 Å². The van der Waals surface area contributed by atoms with E-state index in [9.17, 15) is 9.59 Å². The molecule has 118 valence electrons. The lowest BCUT2D eigenvalue weighted by atomic mass is 10.2. The minimum atomic E-state index is -0.516. The highest BCUT2D eigenvalue weighted by Crippen LogP contribution is 2.07. The summed E-state index contributed by atoms with van der Waals surface area (Å²) in [6.45, 7) is 7.23. The molecule has 0 aromatic heterocycles. The summed E-state index contributed by atoms with van der Waals surface area (Å²) in [6.07, 6.45) is 0. The molecule has 0 aromatic carbocycles. The lowest BCUT2D eigenvalue weighted by Gasteiger charge is -2.24. The third-order valence-corrected chi connectivity index (χ3v) is 2.52. The van der Waals surface area contributed by atoms with E-state index in [1.165, 1.54) is 0 Å². The summed E-state index contributed by atoms with van der Waals surface area (Å²) in [6, 6.07) is 0. The molecule has 0 bridgehead atoms. The van der Waals surface area contributed by atoms with Gasteiger partial charge in [0.2, 0.25) is 5.91 Å². The predicted octanol–water partition coefficient (Wildman–Crippen LogP) is 0.788. The number of esters is 1. The van der Waals surface area contributed by atoms with Gasteiger partial charge in [0.15, 0.2) is 0 Å². The van der Waals surface area contributed by atoms with E-state index in [0.717, 1.165) is 0 Å². The average molecular weight is 353 g/mol. The number of carbonyl (C=O) groups excluding carboxylic acids is 2. The molecule has 1 N–H and O–H groups in total. The van der Waals surface area contributed by atoms with Crippen LogP contribution in [0.3, 0.4) is 0 Å². The Morgan fingerprint density at radius 3 is 2.40 bits per heavy atom. The monoisotopic (exact) mass is 352 g/mol. The van der Waals surface area contributed by atoms with Gasteiger partial charge in [0.25, 0.3) is 0 Å². The number of hydrogen-bond donors (Lipinski definition) is 1. The Morgan fingerprint density at radius 1 is 1.25 bits per heavy atom. The summed E-state index contributed by atoms with van der Waals surface area (Å²) in [4.78, 5) is 25.2. The van der Waals surface area contributed by atoms with Crippen LogP contribution >= 0.6 is 15.9 Å². The van der Waals surface area contributed by atoms with Gasteiger partial charge < -0.3 is 14.8 Å². The predicted molar refractivity (Wildman–Crippen MR) is 81.0 cm³/mol. The molecule has 0 aliphatic carbocycles. The van der Waals surface area contributed by atoms with Gasteiger partial charge >= 0.3 is 5.97 Å². The van der Waals surface area contributed by atoms with Crippen LogP contribution in [0.1, 0.15) is 20.8 Å². The first-order valence-electron chi connectivity index (χ1n) is 6.54. The van der Waals surface area contributed by atoms with Gasteiger partial charge in [0.05, 0.1) is 19.7 Å².